The molecular formula is C17H17NO2S. The van der Waals surface area contributed by atoms with Crippen LogP contribution in [0.5, 0.6) is 5.75 Å². The molecule has 2 aromatic rings. The van der Waals surface area contributed by atoms with Gasteiger partial charge in [-0.2, -0.15) is 5.26 Å². The summed E-state index contributed by atoms with van der Waals surface area (Å²) in [4.78, 5) is 1.10. The summed E-state index contributed by atoms with van der Waals surface area (Å²) in [6.45, 7) is 1.76. The first-order chi connectivity index (χ1) is 10.1. The third-order valence-corrected chi connectivity index (χ3v) is 4.20. The molecule has 108 valence electrons. The molecule has 21 heavy (non-hydrogen) atoms. The van der Waals surface area contributed by atoms with Gasteiger partial charge in [0.05, 0.1) is 18.8 Å². The van der Waals surface area contributed by atoms with Gasteiger partial charge >= 0.3 is 0 Å². The predicted molar refractivity (Wildman–Crippen MR) is 84.3 cm³/mol. The number of aliphatic hydroxyl groups excluding tert-OH is 1. The fourth-order valence-corrected chi connectivity index (χ4v) is 2.87. The summed E-state index contributed by atoms with van der Waals surface area (Å²) < 4.78 is 5.14. The Bertz CT molecular complexity index is 662. The van der Waals surface area contributed by atoms with E-state index in [1.165, 1.54) is 0 Å². The van der Waals surface area contributed by atoms with Crippen LogP contribution in [-0.2, 0) is 5.75 Å². The van der Waals surface area contributed by atoms with Crippen LogP contribution in [-0.4, -0.2) is 12.2 Å². The molecule has 1 unspecified atom stereocenters. The van der Waals surface area contributed by atoms with Crippen molar-refractivity contribution in [2.75, 3.05) is 7.11 Å². The number of hydrogen-bond donors (Lipinski definition) is 1. The Morgan fingerprint density at radius 2 is 2.10 bits per heavy atom. The zero-order valence-electron chi connectivity index (χ0n) is 12.0. The maximum Gasteiger partial charge on any atom is 0.136 e. The van der Waals surface area contributed by atoms with Crippen molar-refractivity contribution in [3.63, 3.8) is 0 Å². The lowest BCUT2D eigenvalue weighted by Crippen LogP contribution is -1.91. The normalized spacial score (nSPS) is 11.7. The van der Waals surface area contributed by atoms with Crippen molar-refractivity contribution < 1.29 is 9.84 Å². The number of ether oxygens (including phenoxy) is 1. The van der Waals surface area contributed by atoms with Gasteiger partial charge < -0.3 is 9.84 Å². The van der Waals surface area contributed by atoms with Gasteiger partial charge in [-0.3, -0.25) is 0 Å². The minimum Gasteiger partial charge on any atom is -0.495 e. The highest BCUT2D eigenvalue weighted by atomic mass is 32.2. The molecule has 0 radical (unpaired) electrons. The number of nitrogens with zero attached hydrogens (tertiary/aromatic N) is 1. The van der Waals surface area contributed by atoms with E-state index in [2.05, 4.69) is 6.07 Å². The van der Waals surface area contributed by atoms with Crippen molar-refractivity contribution in [3.8, 4) is 11.8 Å². The molecule has 0 aliphatic heterocycles. The van der Waals surface area contributed by atoms with Gasteiger partial charge in [-0.25, -0.2) is 0 Å². The van der Waals surface area contributed by atoms with E-state index in [0.717, 1.165) is 21.8 Å². The third kappa shape index (κ3) is 4.01. The Hall–Kier alpha value is -1.96. The number of hydrogen-bond acceptors (Lipinski definition) is 4. The largest absolute Gasteiger partial charge is 0.495 e. The number of thioether (sulfide) groups is 1. The molecule has 0 fully saturated rings. The van der Waals surface area contributed by atoms with E-state index in [9.17, 15) is 5.11 Å². The van der Waals surface area contributed by atoms with Crippen LogP contribution in [0.15, 0.2) is 47.4 Å². The van der Waals surface area contributed by atoms with E-state index in [4.69, 9.17) is 10.00 Å². The summed E-state index contributed by atoms with van der Waals surface area (Å²) in [6.07, 6.45) is -0.461. The zero-order chi connectivity index (χ0) is 15.2. The molecule has 0 aliphatic carbocycles. The molecule has 0 heterocycles. The van der Waals surface area contributed by atoms with Crippen LogP contribution < -0.4 is 4.74 Å². The standard InChI is InChI=1S/C17H17NO2S/c1-12(19)14-4-3-5-16(9-14)21-11-13-6-7-17(20-2)15(8-13)10-18/h3-9,12,19H,11H2,1-2H3. The Labute approximate surface area is 129 Å². The molecule has 1 atom stereocenters. The van der Waals surface area contributed by atoms with Gasteiger partial charge in [-0.1, -0.05) is 18.2 Å². The van der Waals surface area contributed by atoms with Crippen molar-refractivity contribution >= 4 is 11.8 Å². The number of benzene rings is 2. The molecule has 0 aromatic heterocycles. The number of methoxy groups -OCH3 is 1. The highest BCUT2D eigenvalue weighted by molar-refractivity contribution is 7.98. The van der Waals surface area contributed by atoms with Crippen LogP contribution >= 0.6 is 11.8 Å². The lowest BCUT2D eigenvalue weighted by molar-refractivity contribution is 0.199. The molecule has 3 nitrogen and oxygen atoms in total. The van der Waals surface area contributed by atoms with Crippen molar-refractivity contribution in [1.82, 2.24) is 0 Å². The molecule has 0 amide bonds. The topological polar surface area (TPSA) is 53.2 Å². The lowest BCUT2D eigenvalue weighted by Gasteiger charge is -2.08. The van der Waals surface area contributed by atoms with Gasteiger partial charge in [0.25, 0.3) is 0 Å². The number of aliphatic hydroxyl groups is 1. The van der Waals surface area contributed by atoms with E-state index in [0.29, 0.717) is 11.3 Å². The number of nitriles is 1. The maximum atomic E-state index is 9.60. The second kappa shape index (κ2) is 7.16. The second-order valence-corrected chi connectivity index (χ2v) is 5.73. The summed E-state index contributed by atoms with van der Waals surface area (Å²) >= 11 is 1.68. The maximum absolute atomic E-state index is 9.60. The third-order valence-electron chi connectivity index (χ3n) is 3.13. The fraction of sp³-hybridized carbons (Fsp3) is 0.235. The molecule has 0 saturated heterocycles. The molecule has 1 N–H and O–H groups in total. The van der Waals surface area contributed by atoms with E-state index in [-0.39, 0.29) is 0 Å². The van der Waals surface area contributed by atoms with E-state index >= 15 is 0 Å². The monoisotopic (exact) mass is 299 g/mol. The van der Waals surface area contributed by atoms with Crippen molar-refractivity contribution in [1.29, 1.82) is 5.26 Å². The molecular weight excluding hydrogens is 282 g/mol. The van der Waals surface area contributed by atoms with Crippen LogP contribution in [0.25, 0.3) is 0 Å². The van der Waals surface area contributed by atoms with Crippen LogP contribution in [0.1, 0.15) is 29.7 Å². The van der Waals surface area contributed by atoms with E-state index in [1.807, 2.05) is 42.5 Å². The van der Waals surface area contributed by atoms with Gasteiger partial charge in [0.1, 0.15) is 11.8 Å². The first-order valence-corrected chi connectivity index (χ1v) is 7.60. The predicted octanol–water partition coefficient (Wildman–Crippen LogP) is 3.91. The van der Waals surface area contributed by atoms with E-state index in [1.54, 1.807) is 25.8 Å². The molecule has 2 rings (SSSR count). The Balaban J connectivity index is 2.10. The average Bonchev–Trinajstić information content (AvgIpc) is 2.52. The van der Waals surface area contributed by atoms with E-state index < -0.39 is 6.10 Å². The highest BCUT2D eigenvalue weighted by Gasteiger charge is 2.05. The molecule has 0 spiro atoms. The van der Waals surface area contributed by atoms with Crippen molar-refractivity contribution in [3.05, 3.63) is 59.2 Å². The van der Waals surface area contributed by atoms with Gasteiger partial charge in [0.2, 0.25) is 0 Å². The van der Waals surface area contributed by atoms with Crippen LogP contribution in [0, 0.1) is 11.3 Å². The summed E-state index contributed by atoms with van der Waals surface area (Å²) in [6, 6.07) is 15.6. The number of rotatable bonds is 5. The summed E-state index contributed by atoms with van der Waals surface area (Å²) in [5.41, 5.74) is 2.53. The zero-order valence-corrected chi connectivity index (χ0v) is 12.9. The SMILES string of the molecule is COc1ccc(CSc2cccc(C(C)O)c2)cc1C#N. The quantitative estimate of drug-likeness (QED) is 0.850. The van der Waals surface area contributed by atoms with Crippen molar-refractivity contribution in [2.45, 2.75) is 23.7 Å². The minimum atomic E-state index is -0.461. The average molecular weight is 299 g/mol. The van der Waals surface area contributed by atoms with Crippen LogP contribution in [0.3, 0.4) is 0 Å². The first-order valence-electron chi connectivity index (χ1n) is 6.62. The van der Waals surface area contributed by atoms with Crippen LogP contribution in [0.2, 0.25) is 0 Å². The highest BCUT2D eigenvalue weighted by Crippen LogP contribution is 2.27. The van der Waals surface area contributed by atoms with Crippen LogP contribution in [0.4, 0.5) is 0 Å². The molecule has 0 aliphatic rings. The van der Waals surface area contributed by atoms with Gasteiger partial charge in [0, 0.05) is 10.6 Å². The molecule has 0 saturated carbocycles. The Morgan fingerprint density at radius 1 is 1.29 bits per heavy atom. The Morgan fingerprint density at radius 3 is 2.76 bits per heavy atom. The Kier molecular flexibility index (Phi) is 5.26. The minimum absolute atomic E-state index is 0.461. The second-order valence-electron chi connectivity index (χ2n) is 4.68. The summed E-state index contributed by atoms with van der Waals surface area (Å²) in [5, 5.41) is 18.7. The first kappa shape index (κ1) is 15.4. The summed E-state index contributed by atoms with van der Waals surface area (Å²) in [7, 11) is 1.56. The molecule has 2 aromatic carbocycles. The lowest BCUT2D eigenvalue weighted by atomic mass is 10.1. The van der Waals surface area contributed by atoms with Gasteiger partial charge in [-0.15, -0.1) is 11.8 Å². The van der Waals surface area contributed by atoms with Crippen molar-refractivity contribution in [2.24, 2.45) is 0 Å². The molecule has 4 heteroatoms. The smallest absolute Gasteiger partial charge is 0.136 e. The summed E-state index contributed by atoms with van der Waals surface area (Å²) in [5.74, 6) is 1.37. The van der Waals surface area contributed by atoms with Gasteiger partial charge in [0.15, 0.2) is 0 Å². The molecule has 0 bridgehead atoms. The van der Waals surface area contributed by atoms with Gasteiger partial charge in [-0.05, 0) is 42.3 Å². The fourth-order valence-electron chi connectivity index (χ4n) is 1.96.